The lowest BCUT2D eigenvalue weighted by molar-refractivity contribution is -0.149. The molecule has 30 heavy (non-hydrogen) atoms. The number of aliphatic hydroxyl groups is 1. The van der Waals surface area contributed by atoms with Gasteiger partial charge in [0, 0.05) is 12.6 Å². The summed E-state index contributed by atoms with van der Waals surface area (Å²) in [5.74, 6) is 1.92. The highest BCUT2D eigenvalue weighted by Crippen LogP contribution is 2.28. The molecule has 0 radical (unpaired) electrons. The molecule has 8 nitrogen and oxygen atoms in total. The quantitative estimate of drug-likeness (QED) is 0.303. The lowest BCUT2D eigenvalue weighted by Gasteiger charge is -2.29. The van der Waals surface area contributed by atoms with E-state index >= 15 is 0 Å². The molecule has 1 aromatic carbocycles. The van der Waals surface area contributed by atoms with Crippen molar-refractivity contribution in [1.29, 1.82) is 0 Å². The van der Waals surface area contributed by atoms with Gasteiger partial charge in [0.05, 0.1) is 32.8 Å². The lowest BCUT2D eigenvalue weighted by Crippen LogP contribution is -2.45. The van der Waals surface area contributed by atoms with Crippen LogP contribution in [0.4, 0.5) is 0 Å². The van der Waals surface area contributed by atoms with Crippen LogP contribution in [0.2, 0.25) is 0 Å². The maximum absolute atomic E-state index is 11.9. The molecule has 2 rings (SSSR count). The number of nitrogens with one attached hydrogen (secondary N) is 2. The van der Waals surface area contributed by atoms with Crippen LogP contribution >= 0.6 is 0 Å². The standard InChI is InChI=1S/C22H35N3O5/c1-4-23-22(25-18-9-7-17(8-10-18)21(27)29-5-2)24-15-16-6-11-19(30-13-12-26)20(14-16)28-3/h6,11,14,17-18,26H,4-5,7-10,12-13,15H2,1-3H3,(H2,23,24,25). The Bertz CT molecular complexity index is 687. The zero-order chi connectivity index (χ0) is 21.8. The number of carbonyl (C=O) groups excluding carboxylic acids is 1. The lowest BCUT2D eigenvalue weighted by atomic mass is 9.86. The molecule has 0 amide bonds. The van der Waals surface area contributed by atoms with Crippen molar-refractivity contribution in [3.05, 3.63) is 23.8 Å². The molecule has 0 aliphatic heterocycles. The minimum absolute atomic E-state index is 0.0153. The second-order valence-corrected chi connectivity index (χ2v) is 7.20. The molecule has 0 saturated heterocycles. The fourth-order valence-electron chi connectivity index (χ4n) is 3.50. The Morgan fingerprint density at radius 2 is 1.97 bits per heavy atom. The fraction of sp³-hybridized carbons (Fsp3) is 0.636. The van der Waals surface area contributed by atoms with Gasteiger partial charge in [0.25, 0.3) is 0 Å². The summed E-state index contributed by atoms with van der Waals surface area (Å²) >= 11 is 0. The third-order valence-corrected chi connectivity index (χ3v) is 5.03. The summed E-state index contributed by atoms with van der Waals surface area (Å²) in [7, 11) is 1.59. The monoisotopic (exact) mass is 421 g/mol. The van der Waals surface area contributed by atoms with Crippen molar-refractivity contribution in [2.45, 2.75) is 52.1 Å². The predicted octanol–water partition coefficient (Wildman–Crippen LogP) is 2.24. The van der Waals surface area contributed by atoms with Crippen LogP contribution in [-0.4, -0.2) is 56.6 Å². The van der Waals surface area contributed by atoms with Crippen molar-refractivity contribution in [3.63, 3.8) is 0 Å². The molecule has 0 atom stereocenters. The first-order valence-corrected chi connectivity index (χ1v) is 10.7. The zero-order valence-electron chi connectivity index (χ0n) is 18.3. The summed E-state index contributed by atoms with van der Waals surface area (Å²) in [6.07, 6.45) is 3.50. The first-order valence-electron chi connectivity index (χ1n) is 10.7. The van der Waals surface area contributed by atoms with E-state index in [4.69, 9.17) is 24.3 Å². The molecule has 1 aliphatic rings. The summed E-state index contributed by atoms with van der Waals surface area (Å²) in [5.41, 5.74) is 0.992. The summed E-state index contributed by atoms with van der Waals surface area (Å²) < 4.78 is 16.0. The Hall–Kier alpha value is -2.48. The Labute approximate surface area is 179 Å². The molecule has 0 bridgehead atoms. The van der Waals surface area contributed by atoms with E-state index in [-0.39, 0.29) is 31.1 Å². The molecule has 1 fully saturated rings. The van der Waals surface area contributed by atoms with Gasteiger partial charge >= 0.3 is 5.97 Å². The summed E-state index contributed by atoms with van der Waals surface area (Å²) in [4.78, 5) is 16.6. The van der Waals surface area contributed by atoms with Gasteiger partial charge in [0.1, 0.15) is 6.61 Å². The Morgan fingerprint density at radius 3 is 2.60 bits per heavy atom. The molecule has 1 aromatic rings. The van der Waals surface area contributed by atoms with E-state index in [0.29, 0.717) is 24.7 Å². The van der Waals surface area contributed by atoms with Gasteiger partial charge in [-0.2, -0.15) is 0 Å². The molecule has 168 valence electrons. The van der Waals surface area contributed by atoms with E-state index in [9.17, 15) is 4.79 Å². The number of hydrogen-bond donors (Lipinski definition) is 3. The normalized spacial score (nSPS) is 19.1. The van der Waals surface area contributed by atoms with Gasteiger partial charge in [0.2, 0.25) is 0 Å². The van der Waals surface area contributed by atoms with Crippen LogP contribution < -0.4 is 20.1 Å². The molecule has 0 spiro atoms. The minimum atomic E-state index is -0.0723. The fourth-order valence-corrected chi connectivity index (χ4v) is 3.50. The third-order valence-electron chi connectivity index (χ3n) is 5.03. The molecular formula is C22H35N3O5. The maximum Gasteiger partial charge on any atom is 0.308 e. The van der Waals surface area contributed by atoms with Crippen LogP contribution in [0.5, 0.6) is 11.5 Å². The number of aliphatic hydroxyl groups excluding tert-OH is 1. The highest BCUT2D eigenvalue weighted by molar-refractivity contribution is 5.80. The topological polar surface area (TPSA) is 101 Å². The van der Waals surface area contributed by atoms with E-state index < -0.39 is 0 Å². The second kappa shape index (κ2) is 13.0. The van der Waals surface area contributed by atoms with Gasteiger partial charge < -0.3 is 30.0 Å². The Morgan fingerprint density at radius 1 is 1.20 bits per heavy atom. The maximum atomic E-state index is 11.9. The number of rotatable bonds is 10. The number of hydrogen-bond acceptors (Lipinski definition) is 6. The first kappa shape index (κ1) is 23.8. The number of methoxy groups -OCH3 is 1. The van der Waals surface area contributed by atoms with Gasteiger partial charge in [-0.25, -0.2) is 4.99 Å². The van der Waals surface area contributed by atoms with Gasteiger partial charge in [-0.05, 0) is 57.2 Å². The molecule has 0 heterocycles. The Balaban J connectivity index is 1.94. The van der Waals surface area contributed by atoms with Crippen LogP contribution in [0.15, 0.2) is 23.2 Å². The first-order chi connectivity index (χ1) is 14.6. The number of carbonyl (C=O) groups is 1. The average molecular weight is 422 g/mol. The molecule has 3 N–H and O–H groups in total. The Kier molecular flexibility index (Phi) is 10.3. The molecule has 8 heteroatoms. The van der Waals surface area contributed by atoms with Gasteiger partial charge in [-0.1, -0.05) is 6.07 Å². The average Bonchev–Trinajstić information content (AvgIpc) is 2.77. The van der Waals surface area contributed by atoms with Crippen LogP contribution in [0.1, 0.15) is 45.1 Å². The highest BCUT2D eigenvalue weighted by atomic mass is 16.5. The van der Waals surface area contributed by atoms with Gasteiger partial charge in [-0.15, -0.1) is 0 Å². The van der Waals surface area contributed by atoms with Crippen molar-refractivity contribution < 1.29 is 24.1 Å². The largest absolute Gasteiger partial charge is 0.493 e. The molecule has 0 unspecified atom stereocenters. The number of aliphatic imine (C=N–C) groups is 1. The summed E-state index contributed by atoms with van der Waals surface area (Å²) in [6.45, 7) is 5.75. The van der Waals surface area contributed by atoms with Crippen molar-refractivity contribution in [3.8, 4) is 11.5 Å². The molecule has 0 aromatic heterocycles. The highest BCUT2D eigenvalue weighted by Gasteiger charge is 2.27. The van der Waals surface area contributed by atoms with Gasteiger partial charge in [-0.3, -0.25) is 4.79 Å². The van der Waals surface area contributed by atoms with Crippen molar-refractivity contribution in [2.24, 2.45) is 10.9 Å². The van der Waals surface area contributed by atoms with Crippen LogP contribution in [0, 0.1) is 5.92 Å². The minimum Gasteiger partial charge on any atom is -0.493 e. The molecular weight excluding hydrogens is 386 g/mol. The third kappa shape index (κ3) is 7.40. The number of esters is 1. The molecule has 1 saturated carbocycles. The summed E-state index contributed by atoms with van der Waals surface area (Å²) in [5, 5.41) is 15.7. The van der Waals surface area contributed by atoms with Crippen molar-refractivity contribution in [2.75, 3.05) is 33.5 Å². The zero-order valence-corrected chi connectivity index (χ0v) is 18.3. The van der Waals surface area contributed by atoms with Crippen molar-refractivity contribution >= 4 is 11.9 Å². The number of nitrogens with zero attached hydrogens (tertiary/aromatic N) is 1. The van der Waals surface area contributed by atoms with Crippen LogP contribution in [0.3, 0.4) is 0 Å². The summed E-state index contributed by atoms with van der Waals surface area (Å²) in [6, 6.07) is 5.95. The molecule has 1 aliphatic carbocycles. The van der Waals surface area contributed by atoms with E-state index in [2.05, 4.69) is 10.6 Å². The SMILES string of the molecule is CCNC(=NCc1ccc(OCCO)c(OC)c1)NC1CCC(C(=O)OCC)CC1. The van der Waals surface area contributed by atoms with Crippen LogP contribution in [-0.2, 0) is 16.1 Å². The van der Waals surface area contributed by atoms with E-state index in [1.807, 2.05) is 32.0 Å². The van der Waals surface area contributed by atoms with Gasteiger partial charge in [0.15, 0.2) is 17.5 Å². The predicted molar refractivity (Wildman–Crippen MR) is 116 cm³/mol. The van der Waals surface area contributed by atoms with E-state index in [1.165, 1.54) is 0 Å². The number of guanidine groups is 1. The second-order valence-electron chi connectivity index (χ2n) is 7.20. The number of benzene rings is 1. The van der Waals surface area contributed by atoms with E-state index in [1.54, 1.807) is 7.11 Å². The number of ether oxygens (including phenoxy) is 3. The van der Waals surface area contributed by atoms with E-state index in [0.717, 1.165) is 43.8 Å². The van der Waals surface area contributed by atoms with Crippen molar-refractivity contribution in [1.82, 2.24) is 10.6 Å². The smallest absolute Gasteiger partial charge is 0.308 e. The van der Waals surface area contributed by atoms with Crippen LogP contribution in [0.25, 0.3) is 0 Å².